The molecule has 0 fully saturated rings. The van der Waals surface area contributed by atoms with Crippen LogP contribution in [0.1, 0.15) is 37.5 Å². The highest BCUT2D eigenvalue weighted by Gasteiger charge is 2.32. The van der Waals surface area contributed by atoms with Gasteiger partial charge in [-0.05, 0) is 84.1 Å². The fraction of sp³-hybridized carbons (Fsp3) is 0.114. The standard InChI is InChI=1S/C35H24F5N5O4/c36-27-28(37)30(39)32(31(40)29(27)38)49-35(48)24-15-21-20-11-13-45(26(20)9-8-23(21)43-24)34(47)22(42)14-17-2-1-3-25-19(17)10-12-44(25)33(46)16-4-6-18(41)7-5-16/h1-9,14-15,43H,10-13,41-42H2/b22-14-. The number of amides is 2. The number of hydrogen-bond acceptors (Lipinski definition) is 6. The molecule has 5 aromatic rings. The Hall–Kier alpha value is -6.18. The van der Waals surface area contributed by atoms with Crippen LogP contribution in [0.4, 0.5) is 39.0 Å². The Morgan fingerprint density at radius 1 is 0.776 bits per heavy atom. The zero-order chi connectivity index (χ0) is 34.7. The van der Waals surface area contributed by atoms with Crippen molar-refractivity contribution in [3.63, 3.8) is 0 Å². The van der Waals surface area contributed by atoms with Crippen LogP contribution in [0.3, 0.4) is 0 Å². The number of ether oxygens (including phenoxy) is 1. The fourth-order valence-corrected chi connectivity index (χ4v) is 6.23. The number of nitrogens with two attached hydrogens (primary N) is 2. The first-order chi connectivity index (χ1) is 23.4. The Balaban J connectivity index is 1.12. The smallest absolute Gasteiger partial charge is 0.360 e. The molecule has 0 aliphatic carbocycles. The lowest BCUT2D eigenvalue weighted by Crippen LogP contribution is -2.33. The summed E-state index contributed by atoms with van der Waals surface area (Å²) in [6, 6.07) is 16.6. The van der Waals surface area contributed by atoms with Gasteiger partial charge in [0.1, 0.15) is 5.69 Å². The largest absolute Gasteiger partial charge is 0.415 e. The van der Waals surface area contributed by atoms with Gasteiger partial charge in [-0.1, -0.05) is 12.1 Å². The van der Waals surface area contributed by atoms with Crippen LogP contribution in [-0.4, -0.2) is 35.9 Å². The minimum absolute atomic E-state index is 0.0502. The number of rotatable bonds is 5. The highest BCUT2D eigenvalue weighted by atomic mass is 19.2. The Labute approximate surface area is 274 Å². The second kappa shape index (κ2) is 11.8. The lowest BCUT2D eigenvalue weighted by Gasteiger charge is -2.19. The molecule has 49 heavy (non-hydrogen) atoms. The molecule has 0 spiro atoms. The number of nitrogens with one attached hydrogen (secondary N) is 1. The summed E-state index contributed by atoms with van der Waals surface area (Å²) in [6.07, 6.45) is 2.48. The predicted octanol–water partition coefficient (Wildman–Crippen LogP) is 5.76. The SMILES string of the molecule is N/C(=C\c1cccc2c1CCN2C(=O)c1ccc(N)cc1)C(=O)N1CCc2c1ccc1[nH]c(C(=O)Oc3c(F)c(F)c(F)c(F)c3F)cc21. The van der Waals surface area contributed by atoms with Gasteiger partial charge in [-0.3, -0.25) is 9.59 Å². The summed E-state index contributed by atoms with van der Waals surface area (Å²) in [7, 11) is 0. The van der Waals surface area contributed by atoms with Crippen molar-refractivity contribution in [2.45, 2.75) is 12.8 Å². The van der Waals surface area contributed by atoms with E-state index in [1.165, 1.54) is 11.0 Å². The van der Waals surface area contributed by atoms with E-state index in [0.29, 0.717) is 64.0 Å². The topological polar surface area (TPSA) is 135 Å². The Morgan fingerprint density at radius 3 is 2.12 bits per heavy atom. The molecule has 0 unspecified atom stereocenters. The summed E-state index contributed by atoms with van der Waals surface area (Å²) < 4.78 is 73.4. The van der Waals surface area contributed by atoms with E-state index in [-0.39, 0.29) is 23.8 Å². The molecule has 0 atom stereocenters. The van der Waals surface area contributed by atoms with E-state index < -0.39 is 46.7 Å². The maximum absolute atomic E-state index is 14.1. The molecule has 0 saturated carbocycles. The summed E-state index contributed by atoms with van der Waals surface area (Å²) in [5, 5.41) is 0.478. The van der Waals surface area contributed by atoms with Gasteiger partial charge in [-0.15, -0.1) is 0 Å². The molecule has 2 amide bonds. The summed E-state index contributed by atoms with van der Waals surface area (Å²) in [4.78, 5) is 45.4. The van der Waals surface area contributed by atoms with Crippen molar-refractivity contribution in [2.75, 3.05) is 28.6 Å². The van der Waals surface area contributed by atoms with Gasteiger partial charge in [0.25, 0.3) is 11.8 Å². The van der Waals surface area contributed by atoms with Gasteiger partial charge < -0.3 is 31.0 Å². The summed E-state index contributed by atoms with van der Waals surface area (Å²) in [5.74, 6) is -15.2. The number of anilines is 3. The maximum Gasteiger partial charge on any atom is 0.360 e. The number of carbonyl (C=O) groups excluding carboxylic acids is 3. The quantitative estimate of drug-likeness (QED) is 0.0414. The molecule has 248 valence electrons. The van der Waals surface area contributed by atoms with Gasteiger partial charge in [-0.2, -0.15) is 8.78 Å². The molecule has 9 nitrogen and oxygen atoms in total. The average molecular weight is 674 g/mol. The van der Waals surface area contributed by atoms with Gasteiger partial charge in [-0.25, -0.2) is 18.0 Å². The van der Waals surface area contributed by atoms with Crippen molar-refractivity contribution in [1.29, 1.82) is 0 Å². The lowest BCUT2D eigenvalue weighted by atomic mass is 10.0. The number of nitrogen functional groups attached to an aromatic ring is 1. The van der Waals surface area contributed by atoms with E-state index in [9.17, 15) is 36.3 Å². The number of aromatic amines is 1. The molecule has 0 saturated heterocycles. The average Bonchev–Trinajstić information content (AvgIpc) is 3.85. The van der Waals surface area contributed by atoms with Crippen LogP contribution in [-0.2, 0) is 17.6 Å². The molecule has 0 radical (unpaired) electrons. The maximum atomic E-state index is 14.1. The van der Waals surface area contributed by atoms with Crippen LogP contribution < -0.4 is 26.0 Å². The highest BCUT2D eigenvalue weighted by molar-refractivity contribution is 6.11. The van der Waals surface area contributed by atoms with Gasteiger partial charge in [0.05, 0.1) is 5.70 Å². The third-order valence-corrected chi connectivity index (χ3v) is 8.62. The van der Waals surface area contributed by atoms with Gasteiger partial charge in [0.2, 0.25) is 34.8 Å². The van der Waals surface area contributed by atoms with Crippen molar-refractivity contribution in [3.8, 4) is 5.75 Å². The Morgan fingerprint density at radius 2 is 1.41 bits per heavy atom. The second-order valence-electron chi connectivity index (χ2n) is 11.5. The minimum Gasteiger partial charge on any atom is -0.415 e. The van der Waals surface area contributed by atoms with Crippen molar-refractivity contribution in [3.05, 3.63) is 123 Å². The molecule has 4 aromatic carbocycles. The molecule has 14 heteroatoms. The molecule has 1 aromatic heterocycles. The number of benzene rings is 4. The zero-order valence-corrected chi connectivity index (χ0v) is 25.3. The van der Waals surface area contributed by atoms with Crippen LogP contribution in [0, 0.1) is 29.1 Å². The number of aromatic nitrogens is 1. The summed E-state index contributed by atoms with van der Waals surface area (Å²) in [6.45, 7) is 0.689. The molecular formula is C35H24F5N5O4. The van der Waals surface area contributed by atoms with Crippen LogP contribution >= 0.6 is 0 Å². The van der Waals surface area contributed by atoms with Crippen molar-refractivity contribution >= 4 is 51.8 Å². The van der Waals surface area contributed by atoms with Gasteiger partial charge in [0, 0.05) is 46.6 Å². The van der Waals surface area contributed by atoms with Crippen LogP contribution in [0.25, 0.3) is 17.0 Å². The van der Waals surface area contributed by atoms with Crippen molar-refractivity contribution < 1.29 is 41.1 Å². The number of esters is 1. The molecule has 2 aliphatic rings. The van der Waals surface area contributed by atoms with E-state index >= 15 is 0 Å². The van der Waals surface area contributed by atoms with Crippen molar-refractivity contribution in [2.24, 2.45) is 5.73 Å². The van der Waals surface area contributed by atoms with E-state index in [4.69, 9.17) is 11.5 Å². The number of carbonyl (C=O) groups is 3. The fourth-order valence-electron chi connectivity index (χ4n) is 6.23. The molecule has 7 rings (SSSR count). The minimum atomic E-state index is -2.38. The highest BCUT2D eigenvalue weighted by Crippen LogP contribution is 2.37. The second-order valence-corrected chi connectivity index (χ2v) is 11.5. The number of hydrogen-bond donors (Lipinski definition) is 3. The first kappa shape index (κ1) is 31.4. The lowest BCUT2D eigenvalue weighted by molar-refractivity contribution is -0.115. The van der Waals surface area contributed by atoms with E-state index in [1.807, 2.05) is 12.1 Å². The number of halogens is 5. The number of H-pyrrole nitrogens is 1. The zero-order valence-electron chi connectivity index (χ0n) is 25.3. The van der Waals surface area contributed by atoms with Crippen molar-refractivity contribution in [1.82, 2.24) is 4.98 Å². The Bertz CT molecular complexity index is 2240. The first-order valence-corrected chi connectivity index (χ1v) is 14.9. The van der Waals surface area contributed by atoms with Crippen LogP contribution in [0.5, 0.6) is 5.75 Å². The normalized spacial score (nSPS) is 13.9. The summed E-state index contributed by atoms with van der Waals surface area (Å²) in [5.41, 5.74) is 16.6. The third-order valence-electron chi connectivity index (χ3n) is 8.62. The molecule has 5 N–H and O–H groups in total. The molecule has 0 bridgehead atoms. The number of fused-ring (bicyclic) bond motifs is 4. The van der Waals surface area contributed by atoms with Gasteiger partial charge >= 0.3 is 5.97 Å². The molecular weight excluding hydrogens is 649 g/mol. The van der Waals surface area contributed by atoms with E-state index in [0.717, 1.165) is 5.56 Å². The number of nitrogens with zero attached hydrogens (tertiary/aromatic N) is 2. The third kappa shape index (κ3) is 5.21. The van der Waals surface area contributed by atoms with E-state index in [2.05, 4.69) is 9.72 Å². The molecule has 2 aliphatic heterocycles. The predicted molar refractivity (Wildman–Crippen MR) is 170 cm³/mol. The van der Waals surface area contributed by atoms with Crippen LogP contribution in [0.2, 0.25) is 0 Å². The van der Waals surface area contributed by atoms with Gasteiger partial charge in [0.15, 0.2) is 0 Å². The summed E-state index contributed by atoms with van der Waals surface area (Å²) >= 11 is 0. The van der Waals surface area contributed by atoms with Crippen LogP contribution in [0.15, 0.2) is 66.4 Å². The van der Waals surface area contributed by atoms with E-state index in [1.54, 1.807) is 53.4 Å². The Kier molecular flexibility index (Phi) is 7.57. The molecule has 3 heterocycles. The first-order valence-electron chi connectivity index (χ1n) is 14.9. The monoisotopic (exact) mass is 673 g/mol.